The molecule has 2 N–H and O–H groups in total. The summed E-state index contributed by atoms with van der Waals surface area (Å²) in [6.45, 7) is 2.43. The summed E-state index contributed by atoms with van der Waals surface area (Å²) in [6.07, 6.45) is -1.13. The Labute approximate surface area is 160 Å². The number of nitriles is 1. The number of rotatable bonds is 3. The molecule has 1 heterocycles. The smallest absolute Gasteiger partial charge is 0.386 e. The molecule has 0 atom stereocenters. The predicted molar refractivity (Wildman–Crippen MR) is 100 cm³/mol. The van der Waals surface area contributed by atoms with E-state index in [0.29, 0.717) is 17.8 Å². The molecule has 1 aliphatic rings. The van der Waals surface area contributed by atoms with Gasteiger partial charge in [0.25, 0.3) is 5.91 Å². The second-order valence-corrected chi connectivity index (χ2v) is 6.32. The summed E-state index contributed by atoms with van der Waals surface area (Å²) in [5.74, 6) is -0.630. The molecule has 3 rings (SSSR count). The minimum absolute atomic E-state index is 0.0785. The molecule has 7 heteroatoms. The number of nitrogens with one attached hydrogen (secondary N) is 2. The zero-order valence-electron chi connectivity index (χ0n) is 14.9. The number of carbonyl (C=O) groups excluding carboxylic acids is 1. The van der Waals surface area contributed by atoms with E-state index < -0.39 is 17.6 Å². The Morgan fingerprint density at radius 3 is 2.71 bits per heavy atom. The molecule has 1 aliphatic heterocycles. The van der Waals surface area contributed by atoms with Crippen LogP contribution in [0.3, 0.4) is 0 Å². The molecule has 0 saturated heterocycles. The lowest BCUT2D eigenvalue weighted by atomic mass is 9.96. The maximum atomic E-state index is 12.9. The number of dihydropyridines is 1. The van der Waals surface area contributed by atoms with E-state index in [-0.39, 0.29) is 5.56 Å². The van der Waals surface area contributed by atoms with Crippen LogP contribution in [0.2, 0.25) is 0 Å². The number of benzene rings is 2. The lowest BCUT2D eigenvalue weighted by molar-refractivity contribution is -0.137. The van der Waals surface area contributed by atoms with Crippen LogP contribution in [0.15, 0.2) is 60.3 Å². The summed E-state index contributed by atoms with van der Waals surface area (Å²) in [5, 5.41) is 14.7. The van der Waals surface area contributed by atoms with Gasteiger partial charge in [-0.2, -0.15) is 18.4 Å². The molecule has 0 aromatic heterocycles. The summed E-state index contributed by atoms with van der Waals surface area (Å²) >= 11 is 0. The minimum atomic E-state index is -4.51. The molecular weight excluding hydrogens is 367 g/mol. The molecule has 0 aliphatic carbocycles. The topological polar surface area (TPSA) is 64.9 Å². The second-order valence-electron chi connectivity index (χ2n) is 6.32. The lowest BCUT2D eigenvalue weighted by Crippen LogP contribution is -2.16. The number of anilines is 1. The van der Waals surface area contributed by atoms with Crippen LogP contribution in [0.4, 0.5) is 18.9 Å². The van der Waals surface area contributed by atoms with Crippen molar-refractivity contribution in [3.63, 3.8) is 0 Å². The first-order chi connectivity index (χ1) is 13.3. The summed E-state index contributed by atoms with van der Waals surface area (Å²) in [7, 11) is 0. The number of hydrogen-bond acceptors (Lipinski definition) is 3. The SMILES string of the molecule is Cc1ccc(NC(=O)c2cccc(C(F)(F)F)c2)cc1C1=CC(C#N)=CNC1. The lowest BCUT2D eigenvalue weighted by Gasteiger charge is -2.16. The standard InChI is InChI=1S/C21H16F3N3O/c1-13-5-6-18(9-19(13)16-7-14(10-25)11-26-12-16)27-20(28)15-3-2-4-17(8-15)21(22,23)24/h2-9,11,26H,12H2,1H3,(H,27,28). The van der Waals surface area contributed by atoms with Crippen molar-refractivity contribution in [3.8, 4) is 6.07 Å². The van der Waals surface area contributed by atoms with E-state index in [2.05, 4.69) is 16.7 Å². The number of carbonyl (C=O) groups is 1. The quantitative estimate of drug-likeness (QED) is 0.810. The molecule has 1 amide bonds. The van der Waals surface area contributed by atoms with Crippen molar-refractivity contribution >= 4 is 17.2 Å². The summed E-state index contributed by atoms with van der Waals surface area (Å²) in [5.41, 5.74) is 2.66. The monoisotopic (exact) mass is 383 g/mol. The minimum Gasteiger partial charge on any atom is -0.386 e. The molecule has 0 radical (unpaired) electrons. The Kier molecular flexibility index (Phi) is 5.23. The maximum Gasteiger partial charge on any atom is 0.416 e. The average Bonchev–Trinajstić information content (AvgIpc) is 2.69. The Balaban J connectivity index is 1.86. The third kappa shape index (κ3) is 4.23. The fourth-order valence-corrected chi connectivity index (χ4v) is 2.87. The molecule has 0 saturated carbocycles. The molecule has 28 heavy (non-hydrogen) atoms. The van der Waals surface area contributed by atoms with Gasteiger partial charge in [-0.3, -0.25) is 4.79 Å². The van der Waals surface area contributed by atoms with Crippen molar-refractivity contribution in [2.24, 2.45) is 0 Å². The highest BCUT2D eigenvalue weighted by Gasteiger charge is 2.30. The number of alkyl halides is 3. The molecule has 4 nitrogen and oxygen atoms in total. The van der Waals surface area contributed by atoms with Crippen LogP contribution in [0, 0.1) is 18.3 Å². The summed E-state index contributed by atoms with van der Waals surface area (Å²) in [4.78, 5) is 12.4. The molecule has 2 aromatic carbocycles. The van der Waals surface area contributed by atoms with Gasteiger partial charge in [0.1, 0.15) is 6.07 Å². The zero-order chi connectivity index (χ0) is 20.3. The van der Waals surface area contributed by atoms with Gasteiger partial charge >= 0.3 is 6.18 Å². The number of aryl methyl sites for hydroxylation is 1. The first-order valence-corrected chi connectivity index (χ1v) is 8.42. The van der Waals surface area contributed by atoms with Gasteiger partial charge in [0, 0.05) is 24.0 Å². The number of nitrogens with zero attached hydrogens (tertiary/aromatic N) is 1. The van der Waals surface area contributed by atoms with Crippen molar-refractivity contribution in [1.82, 2.24) is 5.32 Å². The third-order valence-corrected chi connectivity index (χ3v) is 4.30. The second kappa shape index (κ2) is 7.61. The highest BCUT2D eigenvalue weighted by molar-refractivity contribution is 6.04. The number of halogens is 3. The molecular formula is C21H16F3N3O. The van der Waals surface area contributed by atoms with Gasteiger partial charge < -0.3 is 10.6 Å². The van der Waals surface area contributed by atoms with Crippen molar-refractivity contribution in [1.29, 1.82) is 5.26 Å². The Morgan fingerprint density at radius 2 is 2.00 bits per heavy atom. The fraction of sp³-hybridized carbons (Fsp3) is 0.143. The summed E-state index contributed by atoms with van der Waals surface area (Å²) < 4.78 is 38.6. The number of hydrogen-bond donors (Lipinski definition) is 2. The van der Waals surface area contributed by atoms with Gasteiger partial charge in [-0.15, -0.1) is 0 Å². The number of allylic oxidation sites excluding steroid dienone is 2. The van der Waals surface area contributed by atoms with Gasteiger partial charge in [-0.1, -0.05) is 12.1 Å². The van der Waals surface area contributed by atoms with Crippen LogP contribution < -0.4 is 10.6 Å². The molecule has 0 fully saturated rings. The van der Waals surface area contributed by atoms with E-state index >= 15 is 0 Å². The maximum absolute atomic E-state index is 12.9. The molecule has 0 spiro atoms. The Bertz CT molecular complexity index is 1030. The van der Waals surface area contributed by atoms with Crippen molar-refractivity contribution in [2.75, 3.05) is 11.9 Å². The Morgan fingerprint density at radius 1 is 1.21 bits per heavy atom. The van der Waals surface area contributed by atoms with Crippen LogP contribution in [0.25, 0.3) is 5.57 Å². The van der Waals surface area contributed by atoms with E-state index in [1.54, 1.807) is 24.4 Å². The van der Waals surface area contributed by atoms with Gasteiger partial charge in [-0.05, 0) is 60.0 Å². The first kappa shape index (κ1) is 19.2. The van der Waals surface area contributed by atoms with Crippen LogP contribution in [-0.4, -0.2) is 12.5 Å². The van der Waals surface area contributed by atoms with Gasteiger partial charge in [-0.25, -0.2) is 0 Å². The van der Waals surface area contributed by atoms with E-state index in [1.807, 2.05) is 13.0 Å². The van der Waals surface area contributed by atoms with Gasteiger partial charge in [0.15, 0.2) is 0 Å². The normalized spacial score (nSPS) is 13.7. The number of amides is 1. The highest BCUT2D eigenvalue weighted by atomic mass is 19.4. The molecule has 0 bridgehead atoms. The van der Waals surface area contributed by atoms with E-state index in [4.69, 9.17) is 5.26 Å². The Hall–Kier alpha value is -3.53. The zero-order valence-corrected chi connectivity index (χ0v) is 14.9. The van der Waals surface area contributed by atoms with Crippen LogP contribution in [-0.2, 0) is 6.18 Å². The highest BCUT2D eigenvalue weighted by Crippen LogP contribution is 2.30. The van der Waals surface area contributed by atoms with E-state index in [9.17, 15) is 18.0 Å². The van der Waals surface area contributed by atoms with E-state index in [1.165, 1.54) is 12.1 Å². The summed E-state index contributed by atoms with van der Waals surface area (Å²) in [6, 6.07) is 11.6. The third-order valence-electron chi connectivity index (χ3n) is 4.30. The van der Waals surface area contributed by atoms with Crippen molar-refractivity contribution in [3.05, 3.63) is 82.6 Å². The average molecular weight is 383 g/mol. The van der Waals surface area contributed by atoms with E-state index in [0.717, 1.165) is 28.8 Å². The largest absolute Gasteiger partial charge is 0.416 e. The predicted octanol–water partition coefficient (Wildman–Crippen LogP) is 4.66. The van der Waals surface area contributed by atoms with Crippen LogP contribution in [0.1, 0.15) is 27.0 Å². The molecule has 142 valence electrons. The van der Waals surface area contributed by atoms with Crippen molar-refractivity contribution in [2.45, 2.75) is 13.1 Å². The molecule has 0 unspecified atom stereocenters. The van der Waals surface area contributed by atoms with Crippen molar-refractivity contribution < 1.29 is 18.0 Å². The van der Waals surface area contributed by atoms with Gasteiger partial charge in [0.05, 0.1) is 11.1 Å². The molecule has 2 aromatic rings. The first-order valence-electron chi connectivity index (χ1n) is 8.42. The fourth-order valence-electron chi connectivity index (χ4n) is 2.87. The van der Waals surface area contributed by atoms with Crippen LogP contribution >= 0.6 is 0 Å². The van der Waals surface area contributed by atoms with Gasteiger partial charge in [0.2, 0.25) is 0 Å². The van der Waals surface area contributed by atoms with Crippen LogP contribution in [0.5, 0.6) is 0 Å².